The van der Waals surface area contributed by atoms with E-state index in [-0.39, 0.29) is 17.8 Å². The molecule has 4 heteroatoms. The molecule has 0 saturated heterocycles. The van der Waals surface area contributed by atoms with Crippen molar-refractivity contribution < 1.29 is 13.3 Å². The summed E-state index contributed by atoms with van der Waals surface area (Å²) in [7, 11) is -2.58. The predicted octanol–water partition coefficient (Wildman–Crippen LogP) is 4.78. The van der Waals surface area contributed by atoms with Crippen LogP contribution in [0.2, 0.25) is 6.04 Å². The highest BCUT2D eigenvalue weighted by atomic mass is 28.4. The van der Waals surface area contributed by atoms with E-state index in [0.29, 0.717) is 0 Å². The molecule has 116 valence electrons. The average Bonchev–Trinajstić information content (AvgIpc) is 2.23. The second-order valence-electron chi connectivity index (χ2n) is 6.34. The fourth-order valence-corrected chi connectivity index (χ4v) is 5.12. The molecule has 0 N–H and O–H groups in total. The minimum absolute atomic E-state index is 0.132. The van der Waals surface area contributed by atoms with Gasteiger partial charge in [-0.25, -0.2) is 0 Å². The van der Waals surface area contributed by atoms with Crippen molar-refractivity contribution in [2.75, 3.05) is 0 Å². The molecule has 0 aliphatic carbocycles. The first kappa shape index (κ1) is 19.1. The summed E-state index contributed by atoms with van der Waals surface area (Å²) >= 11 is 0. The molecule has 0 atom stereocenters. The molecule has 0 heterocycles. The first-order valence-electron chi connectivity index (χ1n) is 7.72. The van der Waals surface area contributed by atoms with E-state index in [1.165, 1.54) is 12.8 Å². The number of hydrogen-bond acceptors (Lipinski definition) is 3. The van der Waals surface area contributed by atoms with E-state index < -0.39 is 8.80 Å². The normalized spacial score (nSPS) is 13.6. The van der Waals surface area contributed by atoms with Crippen LogP contribution in [-0.4, -0.2) is 26.6 Å². The molecule has 0 radical (unpaired) electrons. The lowest BCUT2D eigenvalue weighted by atomic mass is 10.0. The number of unbranched alkanes of at least 4 members (excludes halogenated alkanes) is 1. The Morgan fingerprint density at radius 3 is 1.74 bits per heavy atom. The van der Waals surface area contributed by atoms with Crippen molar-refractivity contribution in [2.24, 2.45) is 0 Å². The Morgan fingerprint density at radius 1 is 0.947 bits per heavy atom. The smallest absolute Gasteiger partial charge is 0.371 e. The van der Waals surface area contributed by atoms with Gasteiger partial charge in [0.25, 0.3) is 0 Å². The van der Waals surface area contributed by atoms with E-state index in [4.69, 9.17) is 13.3 Å². The van der Waals surface area contributed by atoms with Crippen LogP contribution in [0, 0.1) is 0 Å². The van der Waals surface area contributed by atoms with Crippen LogP contribution in [0.15, 0.2) is 0 Å². The van der Waals surface area contributed by atoms with Crippen LogP contribution >= 0.6 is 0 Å². The van der Waals surface area contributed by atoms with Gasteiger partial charge in [-0.2, -0.15) is 0 Å². The average molecular weight is 291 g/mol. The quantitative estimate of drug-likeness (QED) is 0.542. The summed E-state index contributed by atoms with van der Waals surface area (Å²) < 4.78 is 18.6. The van der Waals surface area contributed by atoms with Gasteiger partial charge in [0.2, 0.25) is 0 Å². The summed E-state index contributed by atoms with van der Waals surface area (Å²) in [5.41, 5.74) is -0.179. The van der Waals surface area contributed by atoms with Gasteiger partial charge in [0.1, 0.15) is 0 Å². The molecule has 3 nitrogen and oxygen atoms in total. The second-order valence-corrected chi connectivity index (χ2v) is 9.08. The molecule has 0 aliphatic rings. The molecular formula is C15H34O3Si. The lowest BCUT2D eigenvalue weighted by Crippen LogP contribution is -2.53. The molecule has 0 rings (SSSR count). The van der Waals surface area contributed by atoms with Crippen molar-refractivity contribution in [3.8, 4) is 0 Å². The molecule has 0 aliphatic heterocycles. The summed E-state index contributed by atoms with van der Waals surface area (Å²) in [6.07, 6.45) is 3.66. The molecular weight excluding hydrogens is 256 g/mol. The largest absolute Gasteiger partial charge is 0.501 e. The van der Waals surface area contributed by atoms with E-state index in [1.807, 2.05) is 27.7 Å². The van der Waals surface area contributed by atoms with Gasteiger partial charge in [-0.05, 0) is 48.0 Å². The third kappa shape index (κ3) is 8.08. The van der Waals surface area contributed by atoms with Crippen LogP contribution in [0.4, 0.5) is 0 Å². The third-order valence-corrected chi connectivity index (χ3v) is 6.22. The minimum atomic E-state index is -2.58. The maximum atomic E-state index is 6.39. The molecule has 0 aromatic heterocycles. The van der Waals surface area contributed by atoms with Gasteiger partial charge in [-0.15, -0.1) is 0 Å². The molecule has 19 heavy (non-hydrogen) atoms. The monoisotopic (exact) mass is 290 g/mol. The molecule has 0 unspecified atom stereocenters. The van der Waals surface area contributed by atoms with Gasteiger partial charge in [0, 0.05) is 18.3 Å². The molecule has 0 amide bonds. The highest BCUT2D eigenvalue weighted by molar-refractivity contribution is 6.60. The standard InChI is InChI=1S/C15H34O3Si/c1-9-11-12-15(7,8)18-19(10-2,16-13(3)4)17-14(5)6/h13-14H,9-12H2,1-8H3. The first-order valence-corrected chi connectivity index (χ1v) is 9.65. The van der Waals surface area contributed by atoms with E-state index in [1.54, 1.807) is 0 Å². The van der Waals surface area contributed by atoms with Gasteiger partial charge in [-0.3, -0.25) is 0 Å². The van der Waals surface area contributed by atoms with E-state index >= 15 is 0 Å². The van der Waals surface area contributed by atoms with Gasteiger partial charge in [-0.1, -0.05) is 26.7 Å². The molecule has 0 fully saturated rings. The third-order valence-electron chi connectivity index (χ3n) is 2.83. The molecule has 0 aromatic rings. The predicted molar refractivity (Wildman–Crippen MR) is 83.4 cm³/mol. The van der Waals surface area contributed by atoms with Crippen molar-refractivity contribution in [3.05, 3.63) is 0 Å². The van der Waals surface area contributed by atoms with Gasteiger partial charge >= 0.3 is 8.80 Å². The zero-order valence-corrected chi connectivity index (χ0v) is 15.2. The Balaban J connectivity index is 4.89. The van der Waals surface area contributed by atoms with Gasteiger partial charge in [0.05, 0.1) is 5.60 Å². The summed E-state index contributed by atoms with van der Waals surface area (Å²) in [5.74, 6) is 0. The topological polar surface area (TPSA) is 27.7 Å². The summed E-state index contributed by atoms with van der Waals surface area (Å²) in [6, 6.07) is 0.818. The van der Waals surface area contributed by atoms with Crippen molar-refractivity contribution >= 4 is 8.80 Å². The molecule has 0 spiro atoms. The van der Waals surface area contributed by atoms with Crippen molar-refractivity contribution in [1.82, 2.24) is 0 Å². The lowest BCUT2D eigenvalue weighted by Gasteiger charge is -2.39. The van der Waals surface area contributed by atoms with Crippen LogP contribution in [0.25, 0.3) is 0 Å². The first-order chi connectivity index (χ1) is 8.66. The Kier molecular flexibility index (Phi) is 8.44. The van der Waals surface area contributed by atoms with Crippen molar-refractivity contribution in [1.29, 1.82) is 0 Å². The highest BCUT2D eigenvalue weighted by Crippen LogP contribution is 2.29. The number of rotatable bonds is 10. The SMILES string of the molecule is CCCCC(C)(C)O[Si](CC)(OC(C)C)OC(C)C. The Hall–Kier alpha value is 0.0969. The summed E-state index contributed by atoms with van der Waals surface area (Å²) in [6.45, 7) is 16.8. The van der Waals surface area contributed by atoms with Crippen LogP contribution in [0.1, 0.15) is 74.7 Å². The van der Waals surface area contributed by atoms with E-state index in [0.717, 1.165) is 12.5 Å². The Labute approximate surface area is 121 Å². The Bertz CT molecular complexity index is 230. The zero-order valence-electron chi connectivity index (χ0n) is 14.2. The van der Waals surface area contributed by atoms with Crippen LogP contribution in [0.5, 0.6) is 0 Å². The maximum Gasteiger partial charge on any atom is 0.501 e. The van der Waals surface area contributed by atoms with E-state index in [2.05, 4.69) is 27.7 Å². The lowest BCUT2D eigenvalue weighted by molar-refractivity contribution is -0.0401. The summed E-state index contributed by atoms with van der Waals surface area (Å²) in [5, 5.41) is 0. The van der Waals surface area contributed by atoms with Crippen LogP contribution < -0.4 is 0 Å². The van der Waals surface area contributed by atoms with Crippen molar-refractivity contribution in [2.45, 2.75) is 98.5 Å². The van der Waals surface area contributed by atoms with Crippen molar-refractivity contribution in [3.63, 3.8) is 0 Å². The number of hydrogen-bond donors (Lipinski definition) is 0. The fourth-order valence-electron chi connectivity index (χ4n) is 2.11. The van der Waals surface area contributed by atoms with Crippen LogP contribution in [-0.2, 0) is 13.3 Å². The van der Waals surface area contributed by atoms with Crippen LogP contribution in [0.3, 0.4) is 0 Å². The fraction of sp³-hybridized carbons (Fsp3) is 1.00. The molecule has 0 saturated carbocycles. The van der Waals surface area contributed by atoms with Gasteiger partial charge in [0.15, 0.2) is 0 Å². The highest BCUT2D eigenvalue weighted by Gasteiger charge is 2.45. The van der Waals surface area contributed by atoms with Gasteiger partial charge < -0.3 is 13.3 Å². The minimum Gasteiger partial charge on any atom is -0.371 e. The second kappa shape index (κ2) is 8.40. The maximum absolute atomic E-state index is 6.39. The summed E-state index contributed by atoms with van der Waals surface area (Å²) in [4.78, 5) is 0. The molecule has 0 bridgehead atoms. The molecule has 0 aromatic carbocycles. The zero-order chi connectivity index (χ0) is 15.1. The Morgan fingerprint density at radius 2 is 1.42 bits per heavy atom. The van der Waals surface area contributed by atoms with E-state index in [9.17, 15) is 0 Å².